The average Bonchev–Trinajstić information content (AvgIpc) is 0.765. The lowest BCUT2D eigenvalue weighted by Crippen LogP contribution is -2.71. The highest BCUT2D eigenvalue weighted by molar-refractivity contribution is 5.74. The molecule has 9 saturated heterocycles. The lowest BCUT2D eigenvalue weighted by atomic mass is 9.93. The second-order valence-electron chi connectivity index (χ2n) is 28.2. The molecule has 642 valence electrons. The molecule has 111 heavy (non-hydrogen) atoms. The highest BCUT2D eigenvalue weighted by Gasteiger charge is 2.61. The van der Waals surface area contributed by atoms with E-state index >= 15 is 0 Å². The average molecular weight is 1630 g/mol. The van der Waals surface area contributed by atoms with Crippen LogP contribution in [0.1, 0.15) is 34.6 Å². The summed E-state index contributed by atoms with van der Waals surface area (Å²) in [5, 5.41) is 276. The van der Waals surface area contributed by atoms with Gasteiger partial charge < -0.3 is 224 Å². The Kier molecular flexibility index (Phi) is 32.6. The van der Waals surface area contributed by atoms with Crippen molar-refractivity contribution in [3.8, 4) is 0 Å². The van der Waals surface area contributed by atoms with E-state index < -0.39 is 353 Å². The zero-order valence-electron chi connectivity index (χ0n) is 59.9. The van der Waals surface area contributed by atoms with Crippen LogP contribution in [0.3, 0.4) is 0 Å². The molecular formula is C62H104N4O45. The first-order chi connectivity index (χ1) is 52.4. The molecule has 0 aromatic carbocycles. The molecule has 0 aromatic rings. The van der Waals surface area contributed by atoms with Gasteiger partial charge in [-0.15, -0.1) is 0 Å². The molecule has 4 amide bonds. The SMILES string of the molecule is CC(=O)N[C@@H]1[C@@H](O)[C@H](O[C@@H]2O[C@H](CO)[C@@H](O[C@@H]3O[C@H](CO[C@H]4O[C@H](CO)[C@@H](O)[C@H](O)[C@@H]4O)[C@@H](O[C@@H]4O[C@H](CO)[C@@H](O)[C@H](O)[C@H]4NC(C)=O)[C@H](O[C@H]4O[C@H](CO)[C@@H](O)[C@H](O)[C@@H]4O[C@@H]4O[C@H](CO)[C@@H](O[C@@H]5O[C@H](CO)[C@H](O)[C@H](O)[C@H]5O)[C@H](O)[C@H]4NC(C)=O)[C@@H]3O)[C@H](O)[C@H]2NC(C)=O)[C@@H](CO[C@H]2O[C@H](C)[C@H](O)[C@H](O)[C@H]2O)O[C@H]1O. The van der Waals surface area contributed by atoms with E-state index in [1.165, 1.54) is 6.92 Å². The topological polar surface area (TPSA) is 759 Å². The summed E-state index contributed by atoms with van der Waals surface area (Å²) in [7, 11) is 0. The highest BCUT2D eigenvalue weighted by atomic mass is 16.8. The second kappa shape index (κ2) is 39.7. The third-order valence-corrected chi connectivity index (χ3v) is 20.3. The van der Waals surface area contributed by atoms with Crippen molar-refractivity contribution in [2.75, 3.05) is 52.9 Å². The number of carbonyl (C=O) groups excluding carboxylic acids is 4. The largest absolute Gasteiger partial charge is 0.394 e. The standard InChI is InChI=1S/C62H104N4O45/c1-14-31(77)40(86)44(90)58(97-14)95-12-25-50(37(83)27(54(94)98-25)63-15(2)73)106-56-29(65-17(4)75)38(84)49(24(11-72)103-56)108-61-47(93)52(51(109-55-28(64-16(3)74)36(82)32(78)19(6-67)99-55)26(105-61)13-96-59-45(91)41(87)33(79)20(7-68)100-59)110-62-53(43(89)35(81)22(9-70)102-62)111-57-30(66-18(5)76)39(85)48(23(10-71)104-57)107-60-46(92)42(88)34(80)21(8-69)101-60/h14,19-62,67-72,77-94H,6-13H2,1-5H3,(H,63,73)(H,64,74)(H,65,75)(H,66,76)/t14-,19-,20-,21-,22-,23-,24-,25-,26-,27-,28-,29-,30-,31+,32-,33-,34+,35-,36-,37-,38-,39-,40+,41+,42+,43+,44-,45+,46-,47+,48-,49-,50-,51-,52-,53+,54-,55+,56+,57+,58+,59+,60+,61+,62-/m1/s1. The molecule has 0 aliphatic carbocycles. The van der Waals surface area contributed by atoms with E-state index in [0.717, 1.165) is 27.7 Å². The zero-order chi connectivity index (χ0) is 81.8. The zero-order valence-corrected chi connectivity index (χ0v) is 59.9. The van der Waals surface area contributed by atoms with Gasteiger partial charge >= 0.3 is 0 Å². The van der Waals surface area contributed by atoms with Crippen molar-refractivity contribution in [2.45, 2.75) is 311 Å². The molecule has 9 fully saturated rings. The maximum absolute atomic E-state index is 13.3. The quantitative estimate of drug-likeness (QED) is 0.0346. The van der Waals surface area contributed by atoms with Gasteiger partial charge in [-0.3, -0.25) is 19.2 Å². The number of amides is 4. The fourth-order valence-electron chi connectivity index (χ4n) is 14.3. The highest BCUT2D eigenvalue weighted by Crippen LogP contribution is 2.41. The molecule has 9 aliphatic rings. The molecule has 0 unspecified atom stereocenters. The van der Waals surface area contributed by atoms with Crippen LogP contribution >= 0.6 is 0 Å². The Hall–Kier alpha value is -3.76. The molecular weight excluding hydrogens is 1520 g/mol. The fourth-order valence-corrected chi connectivity index (χ4v) is 14.3. The predicted octanol–water partition coefficient (Wildman–Crippen LogP) is -19.0. The Bertz CT molecular complexity index is 2950. The molecule has 49 heteroatoms. The summed E-state index contributed by atoms with van der Waals surface area (Å²) in [5.74, 6) is -3.74. The van der Waals surface area contributed by atoms with E-state index in [4.69, 9.17) is 80.5 Å². The van der Waals surface area contributed by atoms with E-state index in [1.807, 2.05) is 0 Å². The molecule has 9 aliphatic heterocycles. The first-order valence-corrected chi connectivity index (χ1v) is 35.5. The number of hydrogen-bond acceptors (Lipinski definition) is 45. The third kappa shape index (κ3) is 20.3. The van der Waals surface area contributed by atoms with Gasteiger partial charge in [0.2, 0.25) is 23.6 Å². The number of hydrogen-bond donors (Lipinski definition) is 28. The minimum absolute atomic E-state index is 0.836. The van der Waals surface area contributed by atoms with Crippen molar-refractivity contribution in [3.63, 3.8) is 0 Å². The van der Waals surface area contributed by atoms with Gasteiger partial charge in [0.05, 0.1) is 59.0 Å². The van der Waals surface area contributed by atoms with Gasteiger partial charge in [0.25, 0.3) is 0 Å². The minimum atomic E-state index is -2.67. The van der Waals surface area contributed by atoms with Crippen molar-refractivity contribution in [2.24, 2.45) is 0 Å². The fraction of sp³-hybridized carbons (Fsp3) is 0.935. The van der Waals surface area contributed by atoms with Crippen molar-refractivity contribution in [1.29, 1.82) is 0 Å². The number of aliphatic hydroxyl groups excluding tert-OH is 24. The van der Waals surface area contributed by atoms with Crippen LogP contribution in [0.2, 0.25) is 0 Å². The van der Waals surface area contributed by atoms with Crippen molar-refractivity contribution in [1.82, 2.24) is 21.3 Å². The van der Waals surface area contributed by atoms with E-state index in [1.54, 1.807) is 0 Å². The predicted molar refractivity (Wildman–Crippen MR) is 342 cm³/mol. The lowest BCUT2D eigenvalue weighted by Gasteiger charge is -2.52. The van der Waals surface area contributed by atoms with Crippen molar-refractivity contribution < 1.29 is 222 Å². The van der Waals surface area contributed by atoms with Gasteiger partial charge in [-0.1, -0.05) is 0 Å². The molecule has 0 aromatic heterocycles. The maximum atomic E-state index is 13.3. The molecule has 0 spiro atoms. The molecule has 0 saturated carbocycles. The van der Waals surface area contributed by atoms with E-state index in [-0.39, 0.29) is 0 Å². The van der Waals surface area contributed by atoms with Gasteiger partial charge in [-0.2, -0.15) is 0 Å². The molecule has 9 rings (SSSR count). The van der Waals surface area contributed by atoms with Gasteiger partial charge in [0.15, 0.2) is 56.6 Å². The van der Waals surface area contributed by atoms with Gasteiger partial charge in [0, 0.05) is 27.7 Å². The van der Waals surface area contributed by atoms with Gasteiger partial charge in [-0.25, -0.2) is 0 Å². The summed E-state index contributed by atoms with van der Waals surface area (Å²) >= 11 is 0. The Morgan fingerprint density at radius 2 is 0.541 bits per heavy atom. The molecule has 49 nitrogen and oxygen atoms in total. The third-order valence-electron chi connectivity index (χ3n) is 20.3. The first kappa shape index (κ1) is 91.1. The van der Waals surface area contributed by atoms with Gasteiger partial charge in [0.1, 0.15) is 213 Å². The number of aliphatic hydroxyl groups is 24. The number of rotatable bonds is 28. The summed E-state index contributed by atoms with van der Waals surface area (Å²) in [6.45, 7) is -3.65. The number of ether oxygens (including phenoxy) is 17. The minimum Gasteiger partial charge on any atom is -0.394 e. The van der Waals surface area contributed by atoms with Crippen LogP contribution < -0.4 is 21.3 Å². The van der Waals surface area contributed by atoms with E-state index in [2.05, 4.69) is 21.3 Å². The molecule has 9 heterocycles. The number of carbonyl (C=O) groups is 4. The van der Waals surface area contributed by atoms with Crippen LogP contribution in [0.5, 0.6) is 0 Å². The molecule has 28 N–H and O–H groups in total. The van der Waals surface area contributed by atoms with Crippen LogP contribution in [0.4, 0.5) is 0 Å². The van der Waals surface area contributed by atoms with Crippen LogP contribution in [-0.2, 0) is 99.7 Å². The lowest BCUT2D eigenvalue weighted by molar-refractivity contribution is -0.407. The van der Waals surface area contributed by atoms with Crippen molar-refractivity contribution in [3.05, 3.63) is 0 Å². The summed E-state index contributed by atoms with van der Waals surface area (Å²) in [5.41, 5.74) is 0. The molecule has 0 radical (unpaired) electrons. The Morgan fingerprint density at radius 3 is 0.991 bits per heavy atom. The van der Waals surface area contributed by atoms with Crippen LogP contribution in [0, 0.1) is 0 Å². The smallest absolute Gasteiger partial charge is 0.217 e. The van der Waals surface area contributed by atoms with Crippen LogP contribution in [-0.4, -0.2) is 475 Å². The molecule has 45 atom stereocenters. The maximum Gasteiger partial charge on any atom is 0.217 e. The summed E-state index contributed by atoms with van der Waals surface area (Å²) in [6, 6.07) is -7.69. The Labute approximate surface area is 629 Å². The monoisotopic (exact) mass is 1620 g/mol. The van der Waals surface area contributed by atoms with Gasteiger partial charge in [-0.05, 0) is 6.92 Å². The van der Waals surface area contributed by atoms with Crippen LogP contribution in [0.25, 0.3) is 0 Å². The first-order valence-electron chi connectivity index (χ1n) is 35.5. The van der Waals surface area contributed by atoms with E-state index in [9.17, 15) is 142 Å². The Morgan fingerprint density at radius 1 is 0.252 bits per heavy atom. The Balaban J connectivity index is 1.11. The summed E-state index contributed by atoms with van der Waals surface area (Å²) in [4.78, 5) is 51.6. The summed E-state index contributed by atoms with van der Waals surface area (Å²) < 4.78 is 102. The van der Waals surface area contributed by atoms with Crippen molar-refractivity contribution >= 4 is 23.6 Å². The van der Waals surface area contributed by atoms with Crippen LogP contribution in [0.15, 0.2) is 0 Å². The van der Waals surface area contributed by atoms with E-state index in [0.29, 0.717) is 0 Å². The molecule has 0 bridgehead atoms. The normalized spacial score (nSPS) is 49.3. The number of nitrogens with one attached hydrogen (secondary N) is 4. The summed E-state index contributed by atoms with van der Waals surface area (Å²) in [6.07, 6.45) is -85.0. The second-order valence-corrected chi connectivity index (χ2v) is 28.2.